The Bertz CT molecular complexity index is 756. The molecule has 0 N–H and O–H groups in total. The van der Waals surface area contributed by atoms with Crippen molar-refractivity contribution >= 4 is 46.2 Å². The Morgan fingerprint density at radius 3 is 3.15 bits per heavy atom. The van der Waals surface area contributed by atoms with Crippen LogP contribution in [0.4, 0.5) is 0 Å². The number of tetrazole rings is 1. The summed E-state index contributed by atoms with van der Waals surface area (Å²) in [6, 6.07) is 6.04. The molecule has 3 aromatic rings. The third kappa shape index (κ3) is 2.69. The molecule has 3 aromatic heterocycles. The molecule has 0 radical (unpaired) electrons. The van der Waals surface area contributed by atoms with Gasteiger partial charge in [0.1, 0.15) is 15.8 Å². The topological polar surface area (TPSA) is 80.3 Å². The quantitative estimate of drug-likeness (QED) is 0.726. The van der Waals surface area contributed by atoms with Crippen LogP contribution in [0.2, 0.25) is 5.15 Å². The average molecular weight is 341 g/mol. The molecule has 0 aliphatic heterocycles. The van der Waals surface area contributed by atoms with Gasteiger partial charge in [-0.3, -0.25) is 0 Å². The number of rotatable bonds is 4. The standard InChI is InChI=1S/C10H5ClN6S3/c11-8-7(4-12)9(20-14-8)19-10-13-15-16-17(10)5-6-2-1-3-18-6/h1-3H,5H2. The van der Waals surface area contributed by atoms with Crippen molar-refractivity contribution in [1.82, 2.24) is 24.6 Å². The lowest BCUT2D eigenvalue weighted by molar-refractivity contribution is 0.608. The molecular weight excluding hydrogens is 336 g/mol. The molecule has 0 atom stereocenters. The molecule has 0 unspecified atom stereocenters. The van der Waals surface area contributed by atoms with E-state index in [2.05, 4.69) is 19.9 Å². The van der Waals surface area contributed by atoms with Crippen molar-refractivity contribution < 1.29 is 0 Å². The molecule has 0 spiro atoms. The highest BCUT2D eigenvalue weighted by atomic mass is 35.5. The van der Waals surface area contributed by atoms with Crippen molar-refractivity contribution in [3.63, 3.8) is 0 Å². The van der Waals surface area contributed by atoms with Crippen molar-refractivity contribution in [1.29, 1.82) is 5.26 Å². The van der Waals surface area contributed by atoms with Crippen molar-refractivity contribution in [3.05, 3.63) is 33.1 Å². The maximum Gasteiger partial charge on any atom is 0.215 e. The predicted octanol–water partition coefficient (Wildman–Crippen LogP) is 2.92. The van der Waals surface area contributed by atoms with E-state index in [0.717, 1.165) is 4.88 Å². The lowest BCUT2D eigenvalue weighted by Crippen LogP contribution is -2.02. The van der Waals surface area contributed by atoms with Crippen LogP contribution in [0.3, 0.4) is 0 Å². The van der Waals surface area contributed by atoms with E-state index < -0.39 is 0 Å². The van der Waals surface area contributed by atoms with Crippen LogP contribution in [-0.2, 0) is 6.54 Å². The van der Waals surface area contributed by atoms with Gasteiger partial charge >= 0.3 is 0 Å². The van der Waals surface area contributed by atoms with E-state index in [0.29, 0.717) is 21.5 Å². The van der Waals surface area contributed by atoms with Crippen LogP contribution < -0.4 is 0 Å². The molecule has 0 amide bonds. The normalized spacial score (nSPS) is 10.6. The third-order valence-corrected chi connectivity index (χ3v) is 5.52. The minimum Gasteiger partial charge on any atom is -0.215 e. The molecule has 0 aromatic carbocycles. The molecule has 10 heteroatoms. The van der Waals surface area contributed by atoms with Gasteiger partial charge in [-0.1, -0.05) is 17.7 Å². The van der Waals surface area contributed by atoms with Crippen molar-refractivity contribution in [2.45, 2.75) is 15.9 Å². The van der Waals surface area contributed by atoms with Crippen molar-refractivity contribution in [3.8, 4) is 6.07 Å². The lowest BCUT2D eigenvalue weighted by Gasteiger charge is -2.01. The highest BCUT2D eigenvalue weighted by Gasteiger charge is 2.17. The van der Waals surface area contributed by atoms with Crippen LogP contribution in [-0.4, -0.2) is 24.6 Å². The average Bonchev–Trinajstić information content (AvgIpc) is 3.15. The van der Waals surface area contributed by atoms with Crippen LogP contribution in [0, 0.1) is 11.3 Å². The van der Waals surface area contributed by atoms with Crippen LogP contribution in [0.5, 0.6) is 0 Å². The van der Waals surface area contributed by atoms with Gasteiger partial charge in [-0.2, -0.15) is 9.64 Å². The zero-order valence-corrected chi connectivity index (χ0v) is 12.9. The van der Waals surface area contributed by atoms with E-state index >= 15 is 0 Å². The maximum absolute atomic E-state index is 9.06. The van der Waals surface area contributed by atoms with Crippen LogP contribution in [0.25, 0.3) is 0 Å². The summed E-state index contributed by atoms with van der Waals surface area (Å²) in [5, 5.41) is 23.5. The predicted molar refractivity (Wildman–Crippen MR) is 77.2 cm³/mol. The molecule has 0 saturated carbocycles. The first-order chi connectivity index (χ1) is 9.78. The molecule has 0 fully saturated rings. The Morgan fingerprint density at radius 1 is 1.50 bits per heavy atom. The second kappa shape index (κ2) is 5.88. The summed E-state index contributed by atoms with van der Waals surface area (Å²) in [6.07, 6.45) is 0. The largest absolute Gasteiger partial charge is 0.215 e. The third-order valence-electron chi connectivity index (χ3n) is 2.30. The minimum absolute atomic E-state index is 0.220. The molecule has 6 nitrogen and oxygen atoms in total. The van der Waals surface area contributed by atoms with Crippen molar-refractivity contribution in [2.24, 2.45) is 0 Å². The van der Waals surface area contributed by atoms with Gasteiger partial charge in [0.25, 0.3) is 0 Å². The molecular formula is C10H5ClN6S3. The molecule has 3 rings (SSSR count). The molecule has 0 bridgehead atoms. The summed E-state index contributed by atoms with van der Waals surface area (Å²) in [4.78, 5) is 1.15. The zero-order chi connectivity index (χ0) is 13.9. The molecule has 100 valence electrons. The summed E-state index contributed by atoms with van der Waals surface area (Å²) in [7, 11) is 0. The number of halogens is 1. The van der Waals surface area contributed by atoms with Gasteiger partial charge in [-0.05, 0) is 45.2 Å². The second-order valence-electron chi connectivity index (χ2n) is 3.55. The lowest BCUT2D eigenvalue weighted by atomic mass is 10.4. The summed E-state index contributed by atoms with van der Waals surface area (Å²) in [6.45, 7) is 0.599. The highest BCUT2D eigenvalue weighted by molar-refractivity contribution is 8.01. The first-order valence-electron chi connectivity index (χ1n) is 5.29. The number of nitrogens with zero attached hydrogens (tertiary/aromatic N) is 6. The number of hydrogen-bond donors (Lipinski definition) is 0. The number of aromatic nitrogens is 5. The van der Waals surface area contributed by atoms with Gasteiger partial charge in [-0.15, -0.1) is 16.4 Å². The highest BCUT2D eigenvalue weighted by Crippen LogP contribution is 2.35. The van der Waals surface area contributed by atoms with Gasteiger partial charge < -0.3 is 0 Å². The van der Waals surface area contributed by atoms with E-state index in [1.165, 1.54) is 23.3 Å². The van der Waals surface area contributed by atoms with Gasteiger partial charge in [0, 0.05) is 4.88 Å². The van der Waals surface area contributed by atoms with Gasteiger partial charge in [0.2, 0.25) is 5.16 Å². The SMILES string of the molecule is N#Cc1c(Cl)nsc1Sc1nnnn1Cc1cccs1. The van der Waals surface area contributed by atoms with Crippen molar-refractivity contribution in [2.75, 3.05) is 0 Å². The minimum atomic E-state index is 0.220. The van der Waals surface area contributed by atoms with E-state index in [1.807, 2.05) is 23.6 Å². The fourth-order valence-corrected chi connectivity index (χ4v) is 4.12. The Balaban J connectivity index is 1.85. The van der Waals surface area contributed by atoms with Gasteiger partial charge in [0.15, 0.2) is 5.15 Å². The Hall–Kier alpha value is -1.47. The Morgan fingerprint density at radius 2 is 2.40 bits per heavy atom. The fourth-order valence-electron chi connectivity index (χ4n) is 1.42. The molecule has 0 aliphatic carbocycles. The first-order valence-corrected chi connectivity index (χ1v) is 8.14. The Kier molecular flexibility index (Phi) is 3.98. The maximum atomic E-state index is 9.06. The number of thiophene rings is 1. The van der Waals surface area contributed by atoms with Crippen LogP contribution >= 0.6 is 46.2 Å². The van der Waals surface area contributed by atoms with Gasteiger partial charge in [0.05, 0.1) is 6.54 Å². The zero-order valence-electron chi connectivity index (χ0n) is 9.73. The number of nitriles is 1. The monoisotopic (exact) mass is 340 g/mol. The van der Waals surface area contributed by atoms with E-state index in [4.69, 9.17) is 16.9 Å². The van der Waals surface area contributed by atoms with Gasteiger partial charge in [-0.25, -0.2) is 4.68 Å². The van der Waals surface area contributed by atoms with E-state index in [1.54, 1.807) is 16.0 Å². The van der Waals surface area contributed by atoms with Crippen LogP contribution in [0.1, 0.15) is 10.4 Å². The summed E-state index contributed by atoms with van der Waals surface area (Å²) < 4.78 is 6.34. The molecule has 3 heterocycles. The molecule has 20 heavy (non-hydrogen) atoms. The molecule has 0 saturated heterocycles. The number of hydrogen-bond acceptors (Lipinski definition) is 8. The fraction of sp³-hybridized carbons (Fsp3) is 0.100. The summed E-state index contributed by atoms with van der Waals surface area (Å²) in [5.41, 5.74) is 0.368. The first kappa shape index (κ1) is 13.5. The Labute approximate surface area is 131 Å². The molecule has 0 aliphatic rings. The van der Waals surface area contributed by atoms with Crippen LogP contribution in [0.15, 0.2) is 26.9 Å². The van der Waals surface area contributed by atoms with E-state index in [9.17, 15) is 0 Å². The second-order valence-corrected chi connectivity index (χ2v) is 6.95. The summed E-state index contributed by atoms with van der Waals surface area (Å²) >= 11 is 9.95. The smallest absolute Gasteiger partial charge is 0.215 e. The summed E-state index contributed by atoms with van der Waals surface area (Å²) in [5.74, 6) is 0. The van der Waals surface area contributed by atoms with E-state index in [-0.39, 0.29) is 5.15 Å².